The van der Waals surface area contributed by atoms with E-state index in [0.717, 1.165) is 38.3 Å². The van der Waals surface area contributed by atoms with Crippen LogP contribution < -0.4 is 16.5 Å². The third-order valence-corrected chi connectivity index (χ3v) is 10.1. The van der Waals surface area contributed by atoms with Gasteiger partial charge in [-0.05, 0) is 12.1 Å². The van der Waals surface area contributed by atoms with Crippen LogP contribution in [0.5, 0.6) is 11.5 Å². The minimum atomic E-state index is -2.07. The van der Waals surface area contributed by atoms with Crippen molar-refractivity contribution in [2.75, 3.05) is 25.4 Å². The molecule has 5 rings (SSSR count). The van der Waals surface area contributed by atoms with E-state index >= 15 is 0 Å². The number of anilines is 1. The number of benzene rings is 1. The summed E-state index contributed by atoms with van der Waals surface area (Å²) in [5.41, 5.74) is 6.75. The summed E-state index contributed by atoms with van der Waals surface area (Å²) in [5.74, 6) is -8.91. The first-order chi connectivity index (χ1) is 23.0. The van der Waals surface area contributed by atoms with Gasteiger partial charge in [0, 0.05) is 11.9 Å². The lowest BCUT2D eigenvalue weighted by molar-refractivity contribution is -0.156. The zero-order valence-electron chi connectivity index (χ0n) is 24.3. The van der Waals surface area contributed by atoms with E-state index in [1.165, 1.54) is 5.38 Å². The van der Waals surface area contributed by atoms with Crippen molar-refractivity contribution in [3.05, 3.63) is 33.8 Å². The highest BCUT2D eigenvalue weighted by atomic mass is 35.5. The molecule has 3 aliphatic heterocycles. The number of carbonyl (C=O) groups is 7. The Hall–Kier alpha value is -5.55. The number of urea groups is 1. The van der Waals surface area contributed by atoms with Crippen LogP contribution in [0.4, 0.5) is 9.93 Å². The first kappa shape index (κ1) is 34.8. The van der Waals surface area contributed by atoms with E-state index in [2.05, 4.69) is 20.9 Å². The number of nitrogens with one attached hydrogen (secondary N) is 2. The third kappa shape index (κ3) is 6.37. The highest BCUT2D eigenvalue weighted by Crippen LogP contribution is 2.49. The molecule has 9 N–H and O–H groups in total. The number of aliphatic carboxylic acids is 3. The number of rotatable bonds is 12. The highest BCUT2D eigenvalue weighted by Gasteiger charge is 2.66. The number of aromatic hydroxyl groups is 2. The number of hydrogen-bond donors (Lipinski definition) is 8. The van der Waals surface area contributed by atoms with Crippen molar-refractivity contribution in [2.24, 2.45) is 5.16 Å². The number of thiazole rings is 1. The van der Waals surface area contributed by atoms with Crippen LogP contribution in [0.15, 0.2) is 22.7 Å². The summed E-state index contributed by atoms with van der Waals surface area (Å²) in [4.78, 5) is 96.4. The summed E-state index contributed by atoms with van der Waals surface area (Å²) < 4.78 is 0. The maximum absolute atomic E-state index is 13.4. The van der Waals surface area contributed by atoms with E-state index in [9.17, 15) is 54.0 Å². The lowest BCUT2D eigenvalue weighted by Crippen LogP contribution is -2.68. The summed E-state index contributed by atoms with van der Waals surface area (Å²) in [6.45, 7) is -0.925. The molecule has 0 radical (unpaired) electrons. The Morgan fingerprint density at radius 2 is 1.88 bits per heavy atom. The van der Waals surface area contributed by atoms with Crippen LogP contribution in [0.2, 0.25) is 5.02 Å². The number of nitrogen functional groups attached to an aromatic ring is 1. The number of β-lactam (4-membered cyclic amide) rings is 1. The minimum Gasteiger partial charge on any atom is -0.504 e. The summed E-state index contributed by atoms with van der Waals surface area (Å²) in [7, 11) is 0. The van der Waals surface area contributed by atoms with Gasteiger partial charge in [-0.25, -0.2) is 24.4 Å². The van der Waals surface area contributed by atoms with Gasteiger partial charge in [-0.3, -0.25) is 29.5 Å². The molecule has 0 aliphatic carbocycles. The number of phenolic OH excluding ortho intramolecular Hbond substituents is 2. The fraction of sp³-hybridized carbons (Fsp3) is 0.320. The number of amides is 5. The largest absolute Gasteiger partial charge is 0.504 e. The molecule has 3 unspecified atom stereocenters. The summed E-state index contributed by atoms with van der Waals surface area (Å²) in [6, 6.07) is -0.236. The van der Waals surface area contributed by atoms with Gasteiger partial charge < -0.3 is 46.3 Å². The number of aromatic nitrogens is 1. The predicted octanol–water partition coefficient (Wildman–Crippen LogP) is -1.30. The fourth-order valence-electron chi connectivity index (χ4n) is 4.95. The SMILES string of the molecule is Nc1nc(/C(=N/OC(CC(=O)O)C(=O)O)C(=O)NC2C(=O)N3CC(C(=O)O)(N4CCN(NC(=O)c5ccc(O)c(O)c5Cl)C4=O)S[C@H]23)cs1. The van der Waals surface area contributed by atoms with Crippen molar-refractivity contribution in [2.45, 2.75) is 28.8 Å². The van der Waals surface area contributed by atoms with Gasteiger partial charge in [-0.15, -0.1) is 11.3 Å². The second-order valence-electron chi connectivity index (χ2n) is 10.4. The van der Waals surface area contributed by atoms with Gasteiger partial charge >= 0.3 is 23.9 Å². The smallest absolute Gasteiger partial charge is 0.348 e. The van der Waals surface area contributed by atoms with Crippen molar-refractivity contribution < 1.29 is 63.9 Å². The first-order valence-corrected chi connectivity index (χ1v) is 15.7. The van der Waals surface area contributed by atoms with E-state index in [-0.39, 0.29) is 29.5 Å². The van der Waals surface area contributed by atoms with E-state index in [1.807, 2.05) is 0 Å². The van der Waals surface area contributed by atoms with Crippen molar-refractivity contribution in [3.8, 4) is 11.5 Å². The average Bonchev–Trinajstić information content (AvgIpc) is 3.74. The molecular weight excluding hydrogens is 720 g/mol. The van der Waals surface area contributed by atoms with Crippen molar-refractivity contribution in [1.29, 1.82) is 0 Å². The lowest BCUT2D eigenvalue weighted by atomic mass is 10.1. The number of nitrogens with two attached hydrogens (primary N) is 1. The van der Waals surface area contributed by atoms with Gasteiger partial charge in [-0.2, -0.15) is 0 Å². The molecule has 3 aliphatic rings. The van der Waals surface area contributed by atoms with Gasteiger partial charge in [0.25, 0.3) is 11.8 Å². The molecular formula is C25H23ClN8O13S2. The number of fused-ring (bicyclic) bond motifs is 1. The Labute approximate surface area is 285 Å². The molecule has 4 heterocycles. The standard InChI is InChI=1S/C25H23ClN8O13S2/c26-13-8(1-2-10(35)16(13)38)17(39)30-34-4-3-33(24(34)46)25(22(44)45)7-32-19(41)15(20(32)49-25)29-18(40)14(9-6-48-23(27)28-9)31-47-11(21(42)43)5-12(36)37/h1-2,6,11,15,20,35,38H,3-5,7H2,(H2,27,28)(H,29,40)(H,30,39)(H,36,37)(H,42,43)(H,44,45)/b31-14-/t11?,15?,20-,25?/m1/s1. The van der Waals surface area contributed by atoms with Crippen molar-refractivity contribution in [1.82, 2.24) is 30.5 Å². The number of thioether (sulfide) groups is 1. The Kier molecular flexibility index (Phi) is 9.34. The molecule has 0 saturated carbocycles. The van der Waals surface area contributed by atoms with Crippen molar-refractivity contribution in [3.63, 3.8) is 0 Å². The topological polar surface area (TPSA) is 315 Å². The lowest BCUT2D eigenvalue weighted by Gasteiger charge is -2.41. The molecule has 1 aromatic heterocycles. The first-order valence-electron chi connectivity index (χ1n) is 13.6. The number of oxime groups is 1. The molecule has 21 nitrogen and oxygen atoms in total. The number of carbonyl (C=O) groups excluding carboxylic acids is 4. The van der Waals surface area contributed by atoms with Crippen LogP contribution in [-0.2, 0) is 28.8 Å². The summed E-state index contributed by atoms with van der Waals surface area (Å²) in [6.07, 6.45) is -3.00. The molecule has 3 fully saturated rings. The van der Waals surface area contributed by atoms with Crippen LogP contribution in [0.1, 0.15) is 22.5 Å². The maximum Gasteiger partial charge on any atom is 0.348 e. The quantitative estimate of drug-likeness (QED) is 0.0542. The zero-order valence-corrected chi connectivity index (χ0v) is 26.7. The molecule has 5 amide bonds. The van der Waals surface area contributed by atoms with Crippen molar-refractivity contribution >= 4 is 87.2 Å². The molecule has 260 valence electrons. The van der Waals surface area contributed by atoms with E-state index in [4.69, 9.17) is 27.3 Å². The number of phenols is 2. The molecule has 2 aromatic rings. The summed E-state index contributed by atoms with van der Waals surface area (Å²) >= 11 is 7.47. The molecule has 24 heteroatoms. The van der Waals surface area contributed by atoms with E-state index in [0.29, 0.717) is 11.8 Å². The highest BCUT2D eigenvalue weighted by molar-refractivity contribution is 8.02. The molecule has 3 saturated heterocycles. The molecule has 0 bridgehead atoms. The number of hydrazine groups is 1. The van der Waals surface area contributed by atoms with Crippen LogP contribution in [0.3, 0.4) is 0 Å². The van der Waals surface area contributed by atoms with Gasteiger partial charge in [0.2, 0.25) is 16.9 Å². The second-order valence-corrected chi connectivity index (χ2v) is 13.0. The monoisotopic (exact) mass is 742 g/mol. The fourth-order valence-corrected chi connectivity index (χ4v) is 7.38. The van der Waals surface area contributed by atoms with Gasteiger partial charge in [0.1, 0.15) is 17.1 Å². The van der Waals surface area contributed by atoms with Crippen LogP contribution >= 0.6 is 34.7 Å². The van der Waals surface area contributed by atoms with Gasteiger partial charge in [0.05, 0.1) is 30.1 Å². The molecule has 49 heavy (non-hydrogen) atoms. The van der Waals surface area contributed by atoms with Crippen LogP contribution in [0.25, 0.3) is 0 Å². The zero-order chi connectivity index (χ0) is 35.9. The Morgan fingerprint density at radius 1 is 1.16 bits per heavy atom. The van der Waals surface area contributed by atoms with Gasteiger partial charge in [0.15, 0.2) is 22.3 Å². The molecule has 1 aromatic carbocycles. The van der Waals surface area contributed by atoms with Gasteiger partial charge in [-0.1, -0.05) is 28.5 Å². The Balaban J connectivity index is 1.31. The minimum absolute atomic E-state index is 0.0240. The normalized spacial score (nSPS) is 22.3. The maximum atomic E-state index is 13.4. The van der Waals surface area contributed by atoms with E-state index in [1.54, 1.807) is 0 Å². The second kappa shape index (κ2) is 13.2. The molecule has 4 atom stereocenters. The third-order valence-electron chi connectivity index (χ3n) is 7.37. The number of carboxylic acid groups (broad SMARTS) is 3. The summed E-state index contributed by atoms with van der Waals surface area (Å²) in [5, 5.41) is 54.3. The molecule has 0 spiro atoms. The number of halogens is 1. The average molecular weight is 743 g/mol. The van der Waals surface area contributed by atoms with E-state index < -0.39 is 99.3 Å². The number of carboxylic acids is 3. The number of nitrogens with zero attached hydrogens (tertiary/aromatic N) is 5. The number of hydrogen-bond acceptors (Lipinski definition) is 15. The Morgan fingerprint density at radius 3 is 2.49 bits per heavy atom. The Bertz CT molecular complexity index is 1820. The van der Waals surface area contributed by atoms with Crippen LogP contribution in [-0.4, -0.2) is 135 Å². The predicted molar refractivity (Wildman–Crippen MR) is 164 cm³/mol. The van der Waals surface area contributed by atoms with Crippen LogP contribution in [0, 0.1) is 0 Å².